The Bertz CT molecular complexity index is 488. The molecule has 2 aliphatic rings. The summed E-state index contributed by atoms with van der Waals surface area (Å²) in [5.41, 5.74) is 0.430. The Morgan fingerprint density at radius 2 is 1.82 bits per heavy atom. The highest BCUT2D eigenvalue weighted by molar-refractivity contribution is 5.92. The second-order valence-corrected chi connectivity index (χ2v) is 6.75. The van der Waals surface area contributed by atoms with Crippen LogP contribution in [0, 0.1) is 5.92 Å². The van der Waals surface area contributed by atoms with Gasteiger partial charge in [-0.2, -0.15) is 0 Å². The van der Waals surface area contributed by atoms with Crippen LogP contribution in [-0.4, -0.2) is 35.2 Å². The van der Waals surface area contributed by atoms with Crippen molar-refractivity contribution in [2.45, 2.75) is 57.9 Å². The topological polar surface area (TPSA) is 58.1 Å². The zero-order chi connectivity index (χ0) is 15.4. The first-order chi connectivity index (χ1) is 10.7. The molecule has 0 spiro atoms. The average Bonchev–Trinajstić information content (AvgIpc) is 2.57. The van der Waals surface area contributed by atoms with Crippen LogP contribution in [0.5, 0.6) is 0 Å². The molecular formula is C17H26N4O. The van der Waals surface area contributed by atoms with Gasteiger partial charge in [0, 0.05) is 19.1 Å². The van der Waals surface area contributed by atoms with E-state index in [0.29, 0.717) is 11.7 Å². The summed E-state index contributed by atoms with van der Waals surface area (Å²) >= 11 is 0. The minimum atomic E-state index is -0.0850. The van der Waals surface area contributed by atoms with Crippen molar-refractivity contribution in [2.75, 3.05) is 18.0 Å². The third-order valence-electron chi connectivity index (χ3n) is 4.93. The number of amides is 1. The van der Waals surface area contributed by atoms with Crippen molar-refractivity contribution in [3.63, 3.8) is 0 Å². The number of nitrogens with one attached hydrogen (secondary N) is 1. The summed E-state index contributed by atoms with van der Waals surface area (Å²) in [7, 11) is 0. The summed E-state index contributed by atoms with van der Waals surface area (Å²) in [6, 6.07) is 4.04. The maximum Gasteiger partial charge on any atom is 0.272 e. The fourth-order valence-electron chi connectivity index (χ4n) is 3.36. The van der Waals surface area contributed by atoms with Crippen LogP contribution in [0.3, 0.4) is 0 Å². The number of nitrogens with zero attached hydrogens (tertiary/aromatic N) is 3. The summed E-state index contributed by atoms with van der Waals surface area (Å²) in [5, 5.41) is 11.5. The van der Waals surface area contributed by atoms with Gasteiger partial charge in [0.05, 0.1) is 0 Å². The quantitative estimate of drug-likeness (QED) is 0.933. The zero-order valence-corrected chi connectivity index (χ0v) is 13.4. The molecule has 0 bridgehead atoms. The molecule has 22 heavy (non-hydrogen) atoms. The monoisotopic (exact) mass is 302 g/mol. The lowest BCUT2D eigenvalue weighted by atomic mass is 9.95. The lowest BCUT2D eigenvalue weighted by Gasteiger charge is -2.30. The van der Waals surface area contributed by atoms with Gasteiger partial charge in [-0.1, -0.05) is 26.2 Å². The number of anilines is 1. The van der Waals surface area contributed by atoms with E-state index >= 15 is 0 Å². The predicted molar refractivity (Wildman–Crippen MR) is 87.0 cm³/mol. The molecule has 1 saturated carbocycles. The smallest absolute Gasteiger partial charge is 0.272 e. The van der Waals surface area contributed by atoms with Gasteiger partial charge >= 0.3 is 0 Å². The van der Waals surface area contributed by atoms with E-state index < -0.39 is 0 Å². The van der Waals surface area contributed by atoms with Crippen molar-refractivity contribution in [3.05, 3.63) is 17.8 Å². The van der Waals surface area contributed by atoms with Gasteiger partial charge in [0.15, 0.2) is 11.5 Å². The maximum atomic E-state index is 12.2. The maximum absolute atomic E-state index is 12.2. The molecule has 120 valence electrons. The van der Waals surface area contributed by atoms with Gasteiger partial charge in [-0.25, -0.2) is 0 Å². The van der Waals surface area contributed by atoms with E-state index in [9.17, 15) is 4.79 Å². The van der Waals surface area contributed by atoms with Gasteiger partial charge in [0.2, 0.25) is 0 Å². The molecule has 2 heterocycles. The highest BCUT2D eigenvalue weighted by atomic mass is 16.2. The van der Waals surface area contributed by atoms with Gasteiger partial charge in [-0.05, 0) is 43.7 Å². The molecule has 2 fully saturated rings. The van der Waals surface area contributed by atoms with Crippen molar-refractivity contribution in [1.82, 2.24) is 15.5 Å². The Kier molecular flexibility index (Phi) is 4.90. The molecule has 0 aromatic carbocycles. The second-order valence-electron chi connectivity index (χ2n) is 6.75. The summed E-state index contributed by atoms with van der Waals surface area (Å²) < 4.78 is 0. The Morgan fingerprint density at radius 1 is 1.09 bits per heavy atom. The van der Waals surface area contributed by atoms with Crippen LogP contribution in [0.1, 0.15) is 62.4 Å². The first-order valence-electron chi connectivity index (χ1n) is 8.62. The van der Waals surface area contributed by atoms with Crippen LogP contribution in [0.2, 0.25) is 0 Å². The molecule has 0 radical (unpaired) electrons. The molecular weight excluding hydrogens is 276 g/mol. The molecule has 1 aliphatic heterocycles. The number of carbonyl (C=O) groups is 1. The first-order valence-corrected chi connectivity index (χ1v) is 8.62. The van der Waals surface area contributed by atoms with Crippen molar-refractivity contribution < 1.29 is 4.79 Å². The molecule has 1 saturated heterocycles. The SMILES string of the molecule is CC1CCN(c2ccc(C(=O)NC3CCCCC3)nn2)CC1. The van der Waals surface area contributed by atoms with Gasteiger partial charge in [-0.15, -0.1) is 10.2 Å². The van der Waals surface area contributed by atoms with E-state index in [1.54, 1.807) is 6.07 Å². The minimum Gasteiger partial charge on any atom is -0.355 e. The molecule has 1 aliphatic carbocycles. The van der Waals surface area contributed by atoms with E-state index in [4.69, 9.17) is 0 Å². The average molecular weight is 302 g/mol. The third kappa shape index (κ3) is 3.76. The molecule has 1 aromatic heterocycles. The van der Waals surface area contributed by atoms with E-state index in [0.717, 1.165) is 37.7 Å². The minimum absolute atomic E-state index is 0.0850. The molecule has 5 nitrogen and oxygen atoms in total. The van der Waals surface area contributed by atoms with Crippen LogP contribution in [0.25, 0.3) is 0 Å². The normalized spacial score (nSPS) is 20.9. The van der Waals surface area contributed by atoms with Crippen molar-refractivity contribution in [2.24, 2.45) is 5.92 Å². The van der Waals surface area contributed by atoms with Crippen LogP contribution in [0.15, 0.2) is 12.1 Å². The number of carbonyl (C=O) groups excluding carboxylic acids is 1. The largest absolute Gasteiger partial charge is 0.355 e. The lowest BCUT2D eigenvalue weighted by molar-refractivity contribution is 0.0921. The third-order valence-corrected chi connectivity index (χ3v) is 4.93. The molecule has 1 N–H and O–H groups in total. The second kappa shape index (κ2) is 7.07. The molecule has 1 amide bonds. The fourth-order valence-corrected chi connectivity index (χ4v) is 3.36. The summed E-state index contributed by atoms with van der Waals surface area (Å²) in [5.74, 6) is 1.60. The van der Waals surface area contributed by atoms with Crippen LogP contribution < -0.4 is 10.2 Å². The summed E-state index contributed by atoms with van der Waals surface area (Å²) in [4.78, 5) is 14.5. The number of hydrogen-bond acceptors (Lipinski definition) is 4. The van der Waals surface area contributed by atoms with Crippen molar-refractivity contribution in [3.8, 4) is 0 Å². The Hall–Kier alpha value is -1.65. The number of hydrogen-bond donors (Lipinski definition) is 1. The van der Waals surface area contributed by atoms with Crippen LogP contribution in [0.4, 0.5) is 5.82 Å². The number of aromatic nitrogens is 2. The van der Waals surface area contributed by atoms with E-state index in [1.807, 2.05) is 6.07 Å². The Morgan fingerprint density at radius 3 is 2.45 bits per heavy atom. The van der Waals surface area contributed by atoms with Gasteiger partial charge in [0.1, 0.15) is 0 Å². The molecule has 1 aromatic rings. The van der Waals surface area contributed by atoms with Crippen molar-refractivity contribution >= 4 is 11.7 Å². The Labute approximate surface area is 132 Å². The molecule has 5 heteroatoms. The standard InChI is InChI=1S/C17H26N4O/c1-13-9-11-21(12-10-13)16-8-7-15(19-20-16)17(22)18-14-5-3-2-4-6-14/h7-8,13-14H,2-6,9-12H2,1H3,(H,18,22). The predicted octanol–water partition coefficient (Wildman–Crippen LogP) is 2.78. The number of rotatable bonds is 3. The molecule has 3 rings (SSSR count). The summed E-state index contributed by atoms with van der Waals surface area (Å²) in [6.07, 6.45) is 8.28. The van der Waals surface area contributed by atoms with E-state index in [1.165, 1.54) is 32.1 Å². The van der Waals surface area contributed by atoms with E-state index in [2.05, 4.69) is 27.3 Å². The Balaban J connectivity index is 1.57. The van der Waals surface area contributed by atoms with Gasteiger partial charge in [0.25, 0.3) is 5.91 Å². The first kappa shape index (κ1) is 15.3. The van der Waals surface area contributed by atoms with Gasteiger partial charge in [-0.3, -0.25) is 4.79 Å². The highest BCUT2D eigenvalue weighted by Crippen LogP contribution is 2.21. The highest BCUT2D eigenvalue weighted by Gasteiger charge is 2.20. The zero-order valence-electron chi connectivity index (χ0n) is 13.4. The number of piperidine rings is 1. The van der Waals surface area contributed by atoms with Crippen LogP contribution in [-0.2, 0) is 0 Å². The lowest BCUT2D eigenvalue weighted by Crippen LogP contribution is -2.37. The molecule has 0 atom stereocenters. The van der Waals surface area contributed by atoms with Crippen LogP contribution >= 0.6 is 0 Å². The van der Waals surface area contributed by atoms with E-state index in [-0.39, 0.29) is 5.91 Å². The van der Waals surface area contributed by atoms with Crippen molar-refractivity contribution in [1.29, 1.82) is 0 Å². The molecule has 0 unspecified atom stereocenters. The fraction of sp³-hybridized carbons (Fsp3) is 0.706. The summed E-state index contributed by atoms with van der Waals surface area (Å²) in [6.45, 7) is 4.36. The van der Waals surface area contributed by atoms with Gasteiger partial charge < -0.3 is 10.2 Å².